The van der Waals surface area contributed by atoms with E-state index in [-0.39, 0.29) is 23.9 Å². The van der Waals surface area contributed by atoms with Gasteiger partial charge in [-0.3, -0.25) is 9.59 Å². The largest absolute Gasteiger partial charge is 0.388 e. The van der Waals surface area contributed by atoms with Crippen molar-refractivity contribution in [3.05, 3.63) is 0 Å². The lowest BCUT2D eigenvalue weighted by molar-refractivity contribution is -0.154. The molecule has 196 valence electrons. The molecule has 0 saturated heterocycles. The summed E-state index contributed by atoms with van der Waals surface area (Å²) in [6.45, 7) is 8.44. The summed E-state index contributed by atoms with van der Waals surface area (Å²) in [5, 5.41) is 29.2. The van der Waals surface area contributed by atoms with E-state index in [2.05, 4.69) is 38.3 Å². The van der Waals surface area contributed by atoms with E-state index >= 15 is 0 Å². The van der Waals surface area contributed by atoms with Crippen molar-refractivity contribution in [2.45, 2.75) is 147 Å². The first kappa shape index (κ1) is 27.4. The normalized spacial score (nSPS) is 25.3. The lowest BCUT2D eigenvalue weighted by Gasteiger charge is -2.46. The summed E-state index contributed by atoms with van der Waals surface area (Å²) < 4.78 is 0. The molecule has 0 aliphatic heterocycles. The van der Waals surface area contributed by atoms with Gasteiger partial charge in [0.25, 0.3) is 0 Å². The van der Waals surface area contributed by atoms with Crippen LogP contribution in [0.1, 0.15) is 124 Å². The summed E-state index contributed by atoms with van der Waals surface area (Å²) in [6.07, 6.45) is 12.3. The van der Waals surface area contributed by atoms with Crippen molar-refractivity contribution < 1.29 is 19.8 Å². The zero-order valence-electron chi connectivity index (χ0n) is 22.1. The van der Waals surface area contributed by atoms with Crippen molar-refractivity contribution in [1.29, 1.82) is 0 Å². The molecule has 0 heterocycles. The monoisotopic (exact) mass is 478 g/mol. The molecule has 3 rings (SSSR count). The highest BCUT2D eigenvalue weighted by molar-refractivity contribution is 6.06. The van der Waals surface area contributed by atoms with E-state index in [1.54, 1.807) is 0 Å². The molecule has 2 amide bonds. The molecule has 6 heteroatoms. The third-order valence-corrected chi connectivity index (χ3v) is 8.84. The molecule has 3 aliphatic rings. The van der Waals surface area contributed by atoms with Gasteiger partial charge in [0.1, 0.15) is 5.41 Å². The van der Waals surface area contributed by atoms with E-state index in [9.17, 15) is 19.8 Å². The fourth-order valence-electron chi connectivity index (χ4n) is 6.47. The van der Waals surface area contributed by atoms with Crippen molar-refractivity contribution in [1.82, 2.24) is 10.6 Å². The molecule has 3 saturated carbocycles. The van der Waals surface area contributed by atoms with Crippen LogP contribution in [0.25, 0.3) is 0 Å². The van der Waals surface area contributed by atoms with Crippen LogP contribution >= 0.6 is 0 Å². The SMILES string of the molecule is CC(C)C[C@@H](NC(=O)C1(C(=O)N[C@H](CC(C)C)C2(O)CCCCC2)CCC1)C1(O)CCCCC1. The van der Waals surface area contributed by atoms with Crippen LogP contribution in [0.5, 0.6) is 0 Å². The molecule has 3 fully saturated rings. The van der Waals surface area contributed by atoms with Gasteiger partial charge in [0.2, 0.25) is 11.8 Å². The van der Waals surface area contributed by atoms with Crippen LogP contribution in [-0.4, -0.2) is 45.3 Å². The lowest BCUT2D eigenvalue weighted by Crippen LogP contribution is -2.64. The van der Waals surface area contributed by atoms with Gasteiger partial charge in [-0.25, -0.2) is 0 Å². The topological polar surface area (TPSA) is 98.7 Å². The molecule has 3 aliphatic carbocycles. The minimum absolute atomic E-state index is 0.236. The van der Waals surface area contributed by atoms with E-state index < -0.39 is 16.6 Å². The molecule has 4 N–H and O–H groups in total. The van der Waals surface area contributed by atoms with Crippen LogP contribution in [0.3, 0.4) is 0 Å². The van der Waals surface area contributed by atoms with Gasteiger partial charge < -0.3 is 20.8 Å². The fourth-order valence-corrected chi connectivity index (χ4v) is 6.47. The highest BCUT2D eigenvalue weighted by atomic mass is 16.3. The van der Waals surface area contributed by atoms with Gasteiger partial charge in [-0.15, -0.1) is 0 Å². The quantitative estimate of drug-likeness (QED) is 0.345. The molecule has 34 heavy (non-hydrogen) atoms. The number of carbonyl (C=O) groups is 2. The van der Waals surface area contributed by atoms with Gasteiger partial charge >= 0.3 is 0 Å². The molecule has 0 spiro atoms. The summed E-state index contributed by atoms with van der Waals surface area (Å²) in [5.74, 6) is 0.191. The number of amides is 2. The van der Waals surface area contributed by atoms with Crippen LogP contribution in [0.15, 0.2) is 0 Å². The molecule has 2 atom stereocenters. The maximum atomic E-state index is 13.7. The van der Waals surface area contributed by atoms with Crippen molar-refractivity contribution in [3.8, 4) is 0 Å². The minimum atomic E-state index is -1.08. The van der Waals surface area contributed by atoms with E-state index in [0.29, 0.717) is 63.2 Å². The van der Waals surface area contributed by atoms with E-state index in [1.807, 2.05) is 0 Å². The maximum absolute atomic E-state index is 13.7. The average Bonchev–Trinajstić information content (AvgIpc) is 2.72. The van der Waals surface area contributed by atoms with Crippen LogP contribution in [-0.2, 0) is 9.59 Å². The molecule has 0 radical (unpaired) electrons. The third kappa shape index (κ3) is 6.16. The van der Waals surface area contributed by atoms with Crippen LogP contribution in [0, 0.1) is 17.3 Å². The highest BCUT2D eigenvalue weighted by Gasteiger charge is 2.54. The van der Waals surface area contributed by atoms with E-state index in [0.717, 1.165) is 44.9 Å². The molecule has 0 aromatic heterocycles. The van der Waals surface area contributed by atoms with Crippen molar-refractivity contribution in [2.24, 2.45) is 17.3 Å². The van der Waals surface area contributed by atoms with Crippen LogP contribution in [0.2, 0.25) is 0 Å². The van der Waals surface area contributed by atoms with Crippen LogP contribution < -0.4 is 10.6 Å². The Kier molecular flexibility index (Phi) is 9.11. The summed E-state index contributed by atoms with van der Waals surface area (Å²) in [5.41, 5.74) is -2.87. The smallest absolute Gasteiger partial charge is 0.236 e. The van der Waals surface area contributed by atoms with Gasteiger partial charge in [0.05, 0.1) is 23.3 Å². The lowest BCUT2D eigenvalue weighted by atomic mass is 9.66. The Labute approximate surface area is 207 Å². The zero-order valence-corrected chi connectivity index (χ0v) is 22.1. The Balaban J connectivity index is 1.76. The predicted molar refractivity (Wildman–Crippen MR) is 135 cm³/mol. The number of carbonyl (C=O) groups excluding carboxylic acids is 2. The Bertz CT molecular complexity index is 635. The van der Waals surface area contributed by atoms with Crippen molar-refractivity contribution >= 4 is 11.8 Å². The summed E-state index contributed by atoms with van der Waals surface area (Å²) in [6, 6.07) is -0.667. The maximum Gasteiger partial charge on any atom is 0.236 e. The Morgan fingerprint density at radius 1 is 0.618 bits per heavy atom. The Morgan fingerprint density at radius 2 is 0.971 bits per heavy atom. The molecule has 0 aromatic carbocycles. The molecular formula is C28H50N2O4. The van der Waals surface area contributed by atoms with Crippen molar-refractivity contribution in [2.75, 3.05) is 0 Å². The molecular weight excluding hydrogens is 428 g/mol. The highest BCUT2D eigenvalue weighted by Crippen LogP contribution is 2.43. The van der Waals surface area contributed by atoms with Crippen molar-refractivity contribution in [3.63, 3.8) is 0 Å². The number of hydrogen-bond donors (Lipinski definition) is 4. The summed E-state index contributed by atoms with van der Waals surface area (Å²) >= 11 is 0. The molecule has 6 nitrogen and oxygen atoms in total. The zero-order chi connectivity index (χ0) is 25.0. The predicted octanol–water partition coefficient (Wildman–Crippen LogP) is 4.61. The minimum Gasteiger partial charge on any atom is -0.388 e. The summed E-state index contributed by atoms with van der Waals surface area (Å²) in [7, 11) is 0. The molecule has 0 bridgehead atoms. The first-order chi connectivity index (χ1) is 16.0. The second-order valence-electron chi connectivity index (χ2n) is 12.6. The number of aliphatic hydroxyl groups is 2. The first-order valence-corrected chi connectivity index (χ1v) is 14.1. The Hall–Kier alpha value is -1.14. The third-order valence-electron chi connectivity index (χ3n) is 8.84. The summed E-state index contributed by atoms with van der Waals surface area (Å²) in [4.78, 5) is 27.4. The number of rotatable bonds is 10. The van der Waals surface area contributed by atoms with Gasteiger partial charge in [-0.2, -0.15) is 0 Å². The molecule has 0 aromatic rings. The number of nitrogens with one attached hydrogen (secondary N) is 2. The average molecular weight is 479 g/mol. The van der Waals surface area contributed by atoms with Crippen LogP contribution in [0.4, 0.5) is 0 Å². The second-order valence-corrected chi connectivity index (χ2v) is 12.6. The number of hydrogen-bond acceptors (Lipinski definition) is 4. The van der Waals surface area contributed by atoms with Gasteiger partial charge in [0, 0.05) is 0 Å². The van der Waals surface area contributed by atoms with Gasteiger partial charge in [-0.1, -0.05) is 72.6 Å². The van der Waals surface area contributed by atoms with Gasteiger partial charge in [0.15, 0.2) is 0 Å². The standard InChI is InChI=1S/C28H50N2O4/c1-20(2)18-22(27(33)14-7-5-8-15-27)29-24(31)26(12-11-13-26)25(32)30-23(19-21(3)4)28(34)16-9-6-10-17-28/h20-23,33-34H,5-19H2,1-4H3,(H,29,31)(H,30,32)/t22-,23-/m1/s1. The Morgan fingerprint density at radius 3 is 1.24 bits per heavy atom. The van der Waals surface area contributed by atoms with E-state index in [1.165, 1.54) is 0 Å². The first-order valence-electron chi connectivity index (χ1n) is 14.1. The fraction of sp³-hybridized carbons (Fsp3) is 0.929. The second kappa shape index (κ2) is 11.3. The van der Waals surface area contributed by atoms with E-state index in [4.69, 9.17) is 0 Å². The van der Waals surface area contributed by atoms with Gasteiger partial charge in [-0.05, 0) is 63.2 Å². The molecule has 0 unspecified atom stereocenters.